The van der Waals surface area contributed by atoms with E-state index >= 15 is 0 Å². The summed E-state index contributed by atoms with van der Waals surface area (Å²) < 4.78 is 1.64. The Morgan fingerprint density at radius 1 is 1.11 bits per heavy atom. The van der Waals surface area contributed by atoms with Crippen LogP contribution in [0.2, 0.25) is 0 Å². The fourth-order valence-electron chi connectivity index (χ4n) is 1.48. The van der Waals surface area contributed by atoms with E-state index in [1.54, 1.807) is 16.9 Å². The average molecular weight is 271 g/mol. The molecule has 2 aromatic heterocycles. The van der Waals surface area contributed by atoms with Gasteiger partial charge < -0.3 is 5.73 Å². The van der Waals surface area contributed by atoms with Gasteiger partial charge in [-0.2, -0.15) is 4.68 Å². The number of para-hydroxylation sites is 1. The SMILES string of the molecule is Nc1nccc(Sc2nnnn2-c2ccccc2)n1. The van der Waals surface area contributed by atoms with Gasteiger partial charge in [0.1, 0.15) is 5.03 Å². The van der Waals surface area contributed by atoms with Crippen LogP contribution in [0.4, 0.5) is 5.95 Å². The topological polar surface area (TPSA) is 95.4 Å². The summed E-state index contributed by atoms with van der Waals surface area (Å²) in [6, 6.07) is 11.4. The van der Waals surface area contributed by atoms with Crippen LogP contribution in [-0.2, 0) is 0 Å². The maximum atomic E-state index is 5.54. The Labute approximate surface area is 112 Å². The minimum absolute atomic E-state index is 0.226. The Hall–Kier alpha value is -2.48. The summed E-state index contributed by atoms with van der Waals surface area (Å²) in [4.78, 5) is 7.95. The van der Waals surface area contributed by atoms with Gasteiger partial charge in [-0.1, -0.05) is 18.2 Å². The van der Waals surface area contributed by atoms with Crippen LogP contribution in [0, 0.1) is 0 Å². The third kappa shape index (κ3) is 2.52. The number of rotatable bonds is 3. The van der Waals surface area contributed by atoms with E-state index in [0.717, 1.165) is 5.69 Å². The van der Waals surface area contributed by atoms with Crippen LogP contribution >= 0.6 is 11.8 Å². The third-order valence-electron chi connectivity index (χ3n) is 2.29. The molecule has 2 heterocycles. The van der Waals surface area contributed by atoms with Gasteiger partial charge in [0.2, 0.25) is 11.1 Å². The zero-order valence-electron chi connectivity index (χ0n) is 9.71. The number of aromatic nitrogens is 6. The third-order valence-corrected chi connectivity index (χ3v) is 3.16. The molecule has 2 N–H and O–H groups in total. The monoisotopic (exact) mass is 271 g/mol. The lowest BCUT2D eigenvalue weighted by atomic mass is 10.3. The molecule has 0 atom stereocenters. The molecule has 3 aromatic rings. The second-order valence-corrected chi connectivity index (χ2v) is 4.55. The highest BCUT2D eigenvalue weighted by Crippen LogP contribution is 2.25. The molecule has 19 heavy (non-hydrogen) atoms. The molecule has 8 heteroatoms. The molecule has 0 fully saturated rings. The summed E-state index contributed by atoms with van der Waals surface area (Å²) in [7, 11) is 0. The number of anilines is 1. The predicted octanol–water partition coefficient (Wildman–Crippen LogP) is 1.19. The first kappa shape index (κ1) is 11.6. The van der Waals surface area contributed by atoms with E-state index in [1.165, 1.54) is 11.8 Å². The lowest BCUT2D eigenvalue weighted by Gasteiger charge is -2.03. The summed E-state index contributed by atoms with van der Waals surface area (Å²) in [6.45, 7) is 0. The average Bonchev–Trinajstić information content (AvgIpc) is 2.88. The lowest BCUT2D eigenvalue weighted by molar-refractivity contribution is 0.756. The van der Waals surface area contributed by atoms with Crippen molar-refractivity contribution in [3.05, 3.63) is 42.6 Å². The van der Waals surface area contributed by atoms with Gasteiger partial charge in [-0.15, -0.1) is 5.10 Å². The summed E-state index contributed by atoms with van der Waals surface area (Å²) in [5.74, 6) is 0.226. The van der Waals surface area contributed by atoms with Crippen molar-refractivity contribution in [1.82, 2.24) is 30.2 Å². The smallest absolute Gasteiger partial charge is 0.221 e. The van der Waals surface area contributed by atoms with E-state index in [9.17, 15) is 0 Å². The zero-order valence-corrected chi connectivity index (χ0v) is 10.5. The Bertz CT molecular complexity index is 682. The molecule has 0 radical (unpaired) electrons. The summed E-state index contributed by atoms with van der Waals surface area (Å²) in [5, 5.41) is 12.9. The quantitative estimate of drug-likeness (QED) is 0.715. The Kier molecular flexibility index (Phi) is 3.07. The Balaban J connectivity index is 1.93. The molecule has 0 aliphatic heterocycles. The number of nitrogens with two attached hydrogens (primary N) is 1. The number of hydrogen-bond acceptors (Lipinski definition) is 7. The highest BCUT2D eigenvalue weighted by molar-refractivity contribution is 7.99. The van der Waals surface area contributed by atoms with E-state index in [1.807, 2.05) is 30.3 Å². The van der Waals surface area contributed by atoms with Gasteiger partial charge >= 0.3 is 0 Å². The van der Waals surface area contributed by atoms with E-state index < -0.39 is 0 Å². The van der Waals surface area contributed by atoms with Crippen molar-refractivity contribution in [2.24, 2.45) is 0 Å². The standard InChI is InChI=1S/C11H9N7S/c12-10-13-7-6-9(14-10)19-11-15-16-17-18(11)8-4-2-1-3-5-8/h1-7H,(H2,12,13,14). The van der Waals surface area contributed by atoms with E-state index in [-0.39, 0.29) is 5.95 Å². The number of nitrogen functional groups attached to an aromatic ring is 1. The Morgan fingerprint density at radius 2 is 1.95 bits per heavy atom. The summed E-state index contributed by atoms with van der Waals surface area (Å²) >= 11 is 1.33. The fourth-order valence-corrected chi connectivity index (χ4v) is 2.24. The van der Waals surface area contributed by atoms with Gasteiger partial charge in [0.15, 0.2) is 0 Å². The van der Waals surface area contributed by atoms with Crippen LogP contribution in [-0.4, -0.2) is 30.2 Å². The second kappa shape index (κ2) is 5.02. The molecule has 7 nitrogen and oxygen atoms in total. The van der Waals surface area contributed by atoms with Gasteiger partial charge in [0, 0.05) is 6.20 Å². The first-order valence-corrected chi connectivity index (χ1v) is 6.25. The number of nitrogens with zero attached hydrogens (tertiary/aromatic N) is 6. The number of hydrogen-bond donors (Lipinski definition) is 1. The van der Waals surface area contributed by atoms with E-state index in [4.69, 9.17) is 5.73 Å². The maximum Gasteiger partial charge on any atom is 0.221 e. The number of benzene rings is 1. The van der Waals surface area contributed by atoms with Crippen molar-refractivity contribution in [2.75, 3.05) is 5.73 Å². The van der Waals surface area contributed by atoms with Crippen molar-refractivity contribution < 1.29 is 0 Å². The molecular weight excluding hydrogens is 262 g/mol. The van der Waals surface area contributed by atoms with E-state index in [0.29, 0.717) is 10.2 Å². The van der Waals surface area contributed by atoms with Gasteiger partial charge in [-0.3, -0.25) is 0 Å². The second-order valence-electron chi connectivity index (χ2n) is 3.56. The van der Waals surface area contributed by atoms with Crippen molar-refractivity contribution in [1.29, 1.82) is 0 Å². The maximum absolute atomic E-state index is 5.54. The zero-order chi connectivity index (χ0) is 13.1. The van der Waals surface area contributed by atoms with Crippen molar-refractivity contribution >= 4 is 17.7 Å². The molecule has 0 unspecified atom stereocenters. The van der Waals surface area contributed by atoms with Gasteiger partial charge in [0.05, 0.1) is 5.69 Å². The first-order chi connectivity index (χ1) is 9.33. The van der Waals surface area contributed by atoms with Crippen LogP contribution in [0.25, 0.3) is 5.69 Å². The lowest BCUT2D eigenvalue weighted by Crippen LogP contribution is -1.99. The van der Waals surface area contributed by atoms with Crippen LogP contribution < -0.4 is 5.73 Å². The molecule has 0 amide bonds. The Morgan fingerprint density at radius 3 is 2.74 bits per heavy atom. The molecule has 1 aromatic carbocycles. The van der Waals surface area contributed by atoms with Crippen LogP contribution in [0.3, 0.4) is 0 Å². The van der Waals surface area contributed by atoms with E-state index in [2.05, 4.69) is 25.5 Å². The fraction of sp³-hybridized carbons (Fsp3) is 0. The summed E-state index contributed by atoms with van der Waals surface area (Å²) in [5.41, 5.74) is 6.43. The number of tetrazole rings is 1. The first-order valence-electron chi connectivity index (χ1n) is 5.43. The molecule has 0 saturated heterocycles. The largest absolute Gasteiger partial charge is 0.368 e. The van der Waals surface area contributed by atoms with Crippen molar-refractivity contribution in [2.45, 2.75) is 10.2 Å². The minimum atomic E-state index is 0.226. The predicted molar refractivity (Wildman–Crippen MR) is 69.7 cm³/mol. The minimum Gasteiger partial charge on any atom is -0.368 e. The molecule has 3 rings (SSSR count). The normalized spacial score (nSPS) is 10.5. The highest BCUT2D eigenvalue weighted by atomic mass is 32.2. The van der Waals surface area contributed by atoms with Crippen LogP contribution in [0.5, 0.6) is 0 Å². The van der Waals surface area contributed by atoms with Gasteiger partial charge in [0.25, 0.3) is 0 Å². The molecule has 0 aliphatic rings. The molecular formula is C11H9N7S. The van der Waals surface area contributed by atoms with Crippen molar-refractivity contribution in [3.8, 4) is 5.69 Å². The summed E-state index contributed by atoms with van der Waals surface area (Å²) in [6.07, 6.45) is 1.60. The van der Waals surface area contributed by atoms with Gasteiger partial charge in [-0.05, 0) is 40.4 Å². The molecule has 0 aliphatic carbocycles. The van der Waals surface area contributed by atoms with Gasteiger partial charge in [-0.25, -0.2) is 9.97 Å². The molecule has 0 spiro atoms. The molecule has 94 valence electrons. The van der Waals surface area contributed by atoms with Crippen LogP contribution in [0.15, 0.2) is 52.8 Å². The highest BCUT2D eigenvalue weighted by Gasteiger charge is 2.10. The van der Waals surface area contributed by atoms with Crippen molar-refractivity contribution in [3.63, 3.8) is 0 Å². The van der Waals surface area contributed by atoms with Crippen LogP contribution in [0.1, 0.15) is 0 Å². The molecule has 0 saturated carbocycles. The molecule has 0 bridgehead atoms.